The summed E-state index contributed by atoms with van der Waals surface area (Å²) in [6.07, 6.45) is 6.44. The Morgan fingerprint density at radius 3 is 3.00 bits per heavy atom. The maximum atomic E-state index is 5.86. The van der Waals surface area contributed by atoms with Crippen LogP contribution in [0.5, 0.6) is 0 Å². The van der Waals surface area contributed by atoms with Crippen LogP contribution in [0.2, 0.25) is 0 Å². The van der Waals surface area contributed by atoms with Gasteiger partial charge in [0.2, 0.25) is 0 Å². The van der Waals surface area contributed by atoms with E-state index in [1.807, 2.05) is 18.5 Å². The Morgan fingerprint density at radius 1 is 1.57 bits per heavy atom. The molecule has 0 aliphatic heterocycles. The second-order valence-electron chi connectivity index (χ2n) is 3.96. The zero-order chi connectivity index (χ0) is 9.97. The minimum Gasteiger partial charge on any atom is -0.374 e. The van der Waals surface area contributed by atoms with Gasteiger partial charge in [0.15, 0.2) is 0 Å². The van der Waals surface area contributed by atoms with Crippen LogP contribution in [0, 0.1) is 5.92 Å². The smallest absolute Gasteiger partial charge is 0.0509 e. The van der Waals surface area contributed by atoms with Gasteiger partial charge in [-0.15, -0.1) is 11.6 Å². The van der Waals surface area contributed by atoms with Crippen molar-refractivity contribution < 1.29 is 0 Å². The maximum Gasteiger partial charge on any atom is 0.0509 e. The molecule has 1 aliphatic rings. The van der Waals surface area contributed by atoms with E-state index >= 15 is 0 Å². The lowest BCUT2D eigenvalue weighted by Crippen LogP contribution is -2.21. The van der Waals surface area contributed by atoms with Gasteiger partial charge in [0.05, 0.1) is 5.88 Å². The van der Waals surface area contributed by atoms with E-state index in [0.29, 0.717) is 5.88 Å². The van der Waals surface area contributed by atoms with Gasteiger partial charge in [-0.3, -0.25) is 4.98 Å². The Bertz CT molecular complexity index is 310. The van der Waals surface area contributed by atoms with Crippen molar-refractivity contribution in [3.63, 3.8) is 0 Å². The molecule has 1 aliphatic carbocycles. The molecule has 0 atom stereocenters. The highest BCUT2D eigenvalue weighted by Crippen LogP contribution is 2.31. The molecule has 3 heteroatoms. The largest absolute Gasteiger partial charge is 0.374 e. The summed E-state index contributed by atoms with van der Waals surface area (Å²) in [5, 5.41) is 0. The van der Waals surface area contributed by atoms with Crippen LogP contribution in [-0.4, -0.2) is 18.6 Å². The summed E-state index contributed by atoms with van der Waals surface area (Å²) in [7, 11) is 2.13. The average Bonchev–Trinajstić information content (AvgIpc) is 3.01. The molecule has 14 heavy (non-hydrogen) atoms. The third-order valence-corrected chi connectivity index (χ3v) is 2.95. The quantitative estimate of drug-likeness (QED) is 0.711. The zero-order valence-corrected chi connectivity index (χ0v) is 9.17. The topological polar surface area (TPSA) is 16.1 Å². The number of pyridine rings is 1. The van der Waals surface area contributed by atoms with E-state index in [4.69, 9.17) is 11.6 Å². The second kappa shape index (κ2) is 4.18. The third-order valence-electron chi connectivity index (χ3n) is 2.66. The molecule has 0 amide bonds. The fraction of sp³-hybridized carbons (Fsp3) is 0.545. The lowest BCUT2D eigenvalue weighted by Gasteiger charge is -2.21. The van der Waals surface area contributed by atoms with E-state index < -0.39 is 0 Å². The van der Waals surface area contributed by atoms with Crippen molar-refractivity contribution in [2.24, 2.45) is 5.92 Å². The van der Waals surface area contributed by atoms with Gasteiger partial charge in [-0.2, -0.15) is 0 Å². The van der Waals surface area contributed by atoms with Gasteiger partial charge < -0.3 is 4.90 Å². The number of alkyl halides is 1. The van der Waals surface area contributed by atoms with Gasteiger partial charge in [-0.1, -0.05) is 0 Å². The van der Waals surface area contributed by atoms with Gasteiger partial charge >= 0.3 is 0 Å². The Hall–Kier alpha value is -0.760. The summed E-state index contributed by atoms with van der Waals surface area (Å²) < 4.78 is 0. The lowest BCUT2D eigenvalue weighted by molar-refractivity contribution is 0.784. The van der Waals surface area contributed by atoms with Crippen LogP contribution in [0.3, 0.4) is 0 Å². The normalized spacial score (nSPS) is 15.6. The van der Waals surface area contributed by atoms with E-state index in [2.05, 4.69) is 16.9 Å². The molecule has 76 valence electrons. The van der Waals surface area contributed by atoms with Crippen molar-refractivity contribution in [2.45, 2.75) is 18.7 Å². The van der Waals surface area contributed by atoms with Gasteiger partial charge in [0.25, 0.3) is 0 Å². The highest BCUT2D eigenvalue weighted by molar-refractivity contribution is 6.17. The number of hydrogen-bond donors (Lipinski definition) is 0. The van der Waals surface area contributed by atoms with Gasteiger partial charge in [-0.05, 0) is 24.8 Å². The average molecular weight is 211 g/mol. The number of rotatable bonds is 4. The van der Waals surface area contributed by atoms with E-state index in [1.165, 1.54) is 18.5 Å². The molecule has 0 bridgehead atoms. The zero-order valence-electron chi connectivity index (χ0n) is 8.41. The van der Waals surface area contributed by atoms with Crippen LogP contribution in [0.4, 0.5) is 5.69 Å². The Balaban J connectivity index is 2.11. The highest BCUT2D eigenvalue weighted by atomic mass is 35.5. The molecule has 0 spiro atoms. The fourth-order valence-electron chi connectivity index (χ4n) is 1.68. The minimum atomic E-state index is 0.540. The summed E-state index contributed by atoms with van der Waals surface area (Å²) in [6, 6.07) is 2.04. The second-order valence-corrected chi connectivity index (χ2v) is 4.23. The van der Waals surface area contributed by atoms with E-state index in [-0.39, 0.29) is 0 Å². The molecule has 2 rings (SSSR count). The minimum absolute atomic E-state index is 0.540. The lowest BCUT2D eigenvalue weighted by atomic mass is 10.2. The first kappa shape index (κ1) is 9.78. The van der Waals surface area contributed by atoms with Crippen LogP contribution in [0.25, 0.3) is 0 Å². The summed E-state index contributed by atoms with van der Waals surface area (Å²) >= 11 is 5.86. The SMILES string of the molecule is CN(CC1CC1)c1ccncc1CCl. The van der Waals surface area contributed by atoms with Crippen molar-refractivity contribution in [1.82, 2.24) is 4.98 Å². The predicted molar refractivity (Wildman–Crippen MR) is 59.8 cm³/mol. The van der Waals surface area contributed by atoms with Crippen LogP contribution in [-0.2, 0) is 5.88 Å². The molecule has 1 aromatic rings. The molecule has 1 fully saturated rings. The van der Waals surface area contributed by atoms with Crippen molar-refractivity contribution in [3.8, 4) is 0 Å². The maximum absolute atomic E-state index is 5.86. The number of nitrogens with zero attached hydrogens (tertiary/aromatic N) is 2. The number of hydrogen-bond acceptors (Lipinski definition) is 2. The van der Waals surface area contributed by atoms with E-state index in [1.54, 1.807) is 0 Å². The Morgan fingerprint density at radius 2 is 2.36 bits per heavy atom. The molecule has 1 aromatic heterocycles. The standard InChI is InChI=1S/C11H15ClN2/c1-14(8-9-2-3-9)11-4-5-13-7-10(11)6-12/h4-5,7,9H,2-3,6,8H2,1H3. The monoisotopic (exact) mass is 210 g/mol. The van der Waals surface area contributed by atoms with Crippen LogP contribution < -0.4 is 4.90 Å². The summed E-state index contributed by atoms with van der Waals surface area (Å²) in [5.41, 5.74) is 2.35. The first-order chi connectivity index (χ1) is 6.81. The molecule has 0 saturated heterocycles. The number of aromatic nitrogens is 1. The summed E-state index contributed by atoms with van der Waals surface area (Å²) in [6.45, 7) is 1.15. The molecule has 2 nitrogen and oxygen atoms in total. The van der Waals surface area contributed by atoms with E-state index in [9.17, 15) is 0 Å². The Labute approximate surface area is 89.9 Å². The van der Waals surface area contributed by atoms with Crippen molar-refractivity contribution in [3.05, 3.63) is 24.0 Å². The highest BCUT2D eigenvalue weighted by Gasteiger charge is 2.23. The van der Waals surface area contributed by atoms with E-state index in [0.717, 1.165) is 18.0 Å². The molecule has 1 saturated carbocycles. The van der Waals surface area contributed by atoms with Gasteiger partial charge in [-0.25, -0.2) is 0 Å². The molecule has 0 unspecified atom stereocenters. The molecule has 0 N–H and O–H groups in total. The summed E-state index contributed by atoms with van der Waals surface area (Å²) in [4.78, 5) is 6.37. The predicted octanol–water partition coefficient (Wildman–Crippen LogP) is 2.67. The molecule has 1 heterocycles. The van der Waals surface area contributed by atoms with Crippen LogP contribution >= 0.6 is 11.6 Å². The molecule has 0 aromatic carbocycles. The molecule has 0 radical (unpaired) electrons. The van der Waals surface area contributed by atoms with Crippen LogP contribution in [0.1, 0.15) is 18.4 Å². The fourth-order valence-corrected chi connectivity index (χ4v) is 1.89. The van der Waals surface area contributed by atoms with Gasteiger partial charge in [0, 0.05) is 37.2 Å². The number of anilines is 1. The van der Waals surface area contributed by atoms with Crippen molar-refractivity contribution in [1.29, 1.82) is 0 Å². The summed E-state index contributed by atoms with van der Waals surface area (Å²) in [5.74, 6) is 1.44. The number of halogens is 1. The van der Waals surface area contributed by atoms with Crippen molar-refractivity contribution >= 4 is 17.3 Å². The first-order valence-electron chi connectivity index (χ1n) is 5.01. The van der Waals surface area contributed by atoms with Crippen molar-refractivity contribution in [2.75, 3.05) is 18.5 Å². The first-order valence-corrected chi connectivity index (χ1v) is 5.54. The van der Waals surface area contributed by atoms with Gasteiger partial charge in [0.1, 0.15) is 0 Å². The molecular weight excluding hydrogens is 196 g/mol. The third kappa shape index (κ3) is 2.18. The Kier molecular flexibility index (Phi) is 2.92. The van der Waals surface area contributed by atoms with Crippen LogP contribution in [0.15, 0.2) is 18.5 Å². The molecular formula is C11H15ClN2.